The van der Waals surface area contributed by atoms with E-state index in [1.165, 1.54) is 0 Å². The number of aryl methyl sites for hydroxylation is 1. The van der Waals surface area contributed by atoms with Crippen LogP contribution in [-0.4, -0.2) is 9.97 Å². The van der Waals surface area contributed by atoms with Gasteiger partial charge in [0, 0.05) is 11.1 Å². The number of pyridine rings is 2. The third-order valence-corrected chi connectivity index (χ3v) is 2.00. The van der Waals surface area contributed by atoms with E-state index in [4.69, 9.17) is 11.6 Å². The lowest BCUT2D eigenvalue weighted by Crippen LogP contribution is -2.08. The van der Waals surface area contributed by atoms with E-state index in [0.29, 0.717) is 10.7 Å². The number of hydrogen-bond donors (Lipinski definition) is 1. The van der Waals surface area contributed by atoms with Crippen molar-refractivity contribution in [3.05, 3.63) is 39.4 Å². The Kier molecular flexibility index (Phi) is 1.81. The highest BCUT2D eigenvalue weighted by atomic mass is 35.5. The van der Waals surface area contributed by atoms with Crippen molar-refractivity contribution in [1.29, 1.82) is 0 Å². The molecule has 0 saturated heterocycles. The minimum absolute atomic E-state index is 0.197. The summed E-state index contributed by atoms with van der Waals surface area (Å²) in [7, 11) is 0. The van der Waals surface area contributed by atoms with Gasteiger partial charge in [-0.05, 0) is 25.1 Å². The molecule has 0 saturated carbocycles. The van der Waals surface area contributed by atoms with Gasteiger partial charge in [-0.3, -0.25) is 4.79 Å². The van der Waals surface area contributed by atoms with Crippen LogP contribution in [0.2, 0.25) is 5.15 Å². The molecule has 0 aliphatic heterocycles. The number of aromatic nitrogens is 2. The molecule has 2 heterocycles. The highest BCUT2D eigenvalue weighted by molar-refractivity contribution is 6.29. The second-order valence-corrected chi connectivity index (χ2v) is 3.24. The number of nitrogens with zero attached hydrogens (tertiary/aromatic N) is 1. The van der Waals surface area contributed by atoms with Crippen molar-refractivity contribution in [2.24, 2.45) is 0 Å². The highest BCUT2D eigenvalue weighted by Crippen LogP contribution is 2.11. The third kappa shape index (κ3) is 1.42. The van der Waals surface area contributed by atoms with Gasteiger partial charge in [-0.2, -0.15) is 0 Å². The predicted octanol–water partition coefficient (Wildman–Crippen LogP) is 1.88. The lowest BCUT2D eigenvalue weighted by Gasteiger charge is -1.97. The first-order chi connectivity index (χ1) is 6.16. The largest absolute Gasteiger partial charge is 0.325 e. The van der Waals surface area contributed by atoms with Crippen LogP contribution in [0.1, 0.15) is 5.69 Å². The van der Waals surface area contributed by atoms with Gasteiger partial charge < -0.3 is 4.98 Å². The second kappa shape index (κ2) is 2.85. The molecule has 0 bridgehead atoms. The topological polar surface area (TPSA) is 45.8 Å². The summed E-state index contributed by atoms with van der Waals surface area (Å²) < 4.78 is 0. The summed E-state index contributed by atoms with van der Waals surface area (Å²) in [6.07, 6.45) is 0. The van der Waals surface area contributed by atoms with Gasteiger partial charge in [0.25, 0.3) is 5.56 Å². The van der Waals surface area contributed by atoms with E-state index in [0.717, 1.165) is 11.1 Å². The van der Waals surface area contributed by atoms with Gasteiger partial charge in [-0.25, -0.2) is 4.98 Å². The third-order valence-electron chi connectivity index (χ3n) is 1.79. The summed E-state index contributed by atoms with van der Waals surface area (Å²) in [4.78, 5) is 18.0. The Morgan fingerprint density at radius 3 is 3.00 bits per heavy atom. The zero-order chi connectivity index (χ0) is 9.42. The SMILES string of the molecule is Cc1cc2ccc(Cl)nc2c(=O)[nH]1. The summed E-state index contributed by atoms with van der Waals surface area (Å²) >= 11 is 5.67. The molecule has 1 N–H and O–H groups in total. The standard InChI is InChI=1S/C9H7ClN2O/c1-5-4-6-2-3-7(10)12-8(6)9(13)11-5/h2-4H,1H3,(H,11,13). The van der Waals surface area contributed by atoms with Crippen LogP contribution in [0, 0.1) is 6.92 Å². The molecule has 0 aliphatic rings. The molecule has 0 aliphatic carbocycles. The Balaban J connectivity index is 2.95. The van der Waals surface area contributed by atoms with Gasteiger partial charge >= 0.3 is 0 Å². The fourth-order valence-corrected chi connectivity index (χ4v) is 1.40. The summed E-state index contributed by atoms with van der Waals surface area (Å²) in [5.41, 5.74) is 1.01. The molecule has 66 valence electrons. The van der Waals surface area contributed by atoms with E-state index in [1.807, 2.05) is 13.0 Å². The normalized spacial score (nSPS) is 10.6. The van der Waals surface area contributed by atoms with Crippen LogP contribution in [-0.2, 0) is 0 Å². The average molecular weight is 195 g/mol. The Hall–Kier alpha value is -1.35. The fraction of sp³-hybridized carbons (Fsp3) is 0.111. The van der Waals surface area contributed by atoms with Crippen molar-refractivity contribution in [3.8, 4) is 0 Å². The van der Waals surface area contributed by atoms with Crippen molar-refractivity contribution in [2.75, 3.05) is 0 Å². The van der Waals surface area contributed by atoms with E-state index in [2.05, 4.69) is 9.97 Å². The minimum Gasteiger partial charge on any atom is -0.325 e. The lowest BCUT2D eigenvalue weighted by molar-refractivity contribution is 1.15. The molecule has 13 heavy (non-hydrogen) atoms. The van der Waals surface area contributed by atoms with Gasteiger partial charge in [0.1, 0.15) is 10.7 Å². The van der Waals surface area contributed by atoms with E-state index in [9.17, 15) is 4.79 Å². The summed E-state index contributed by atoms with van der Waals surface area (Å²) in [5.74, 6) is 0. The molecule has 2 aromatic heterocycles. The number of hydrogen-bond acceptors (Lipinski definition) is 2. The van der Waals surface area contributed by atoms with Gasteiger partial charge in [0.15, 0.2) is 0 Å². The summed E-state index contributed by atoms with van der Waals surface area (Å²) in [6.45, 7) is 1.83. The van der Waals surface area contributed by atoms with Crippen LogP contribution in [0.25, 0.3) is 10.9 Å². The molecular weight excluding hydrogens is 188 g/mol. The molecule has 4 heteroatoms. The van der Waals surface area contributed by atoms with Gasteiger partial charge in [0.05, 0.1) is 0 Å². The van der Waals surface area contributed by atoms with Crippen LogP contribution in [0.5, 0.6) is 0 Å². The first kappa shape index (κ1) is 8.26. The number of halogens is 1. The maximum Gasteiger partial charge on any atom is 0.274 e. The van der Waals surface area contributed by atoms with Crippen molar-refractivity contribution < 1.29 is 0 Å². The number of nitrogens with one attached hydrogen (secondary N) is 1. The monoisotopic (exact) mass is 194 g/mol. The second-order valence-electron chi connectivity index (χ2n) is 2.85. The zero-order valence-corrected chi connectivity index (χ0v) is 7.72. The molecule has 2 aromatic rings. The molecule has 2 rings (SSSR count). The van der Waals surface area contributed by atoms with E-state index in [1.54, 1.807) is 12.1 Å². The van der Waals surface area contributed by atoms with Gasteiger partial charge in [0.2, 0.25) is 0 Å². The Morgan fingerprint density at radius 2 is 2.23 bits per heavy atom. The van der Waals surface area contributed by atoms with Gasteiger partial charge in [-0.15, -0.1) is 0 Å². The average Bonchev–Trinajstić information content (AvgIpc) is 2.06. The molecule has 0 spiro atoms. The first-order valence-corrected chi connectivity index (χ1v) is 4.21. The quantitative estimate of drug-likeness (QED) is 0.651. The van der Waals surface area contributed by atoms with Crippen molar-refractivity contribution >= 4 is 22.5 Å². The van der Waals surface area contributed by atoms with Crippen molar-refractivity contribution in [3.63, 3.8) is 0 Å². The number of aromatic amines is 1. The van der Waals surface area contributed by atoms with Gasteiger partial charge in [-0.1, -0.05) is 11.6 Å². The van der Waals surface area contributed by atoms with Crippen LogP contribution in [0.3, 0.4) is 0 Å². The molecule has 3 nitrogen and oxygen atoms in total. The number of fused-ring (bicyclic) bond motifs is 1. The first-order valence-electron chi connectivity index (χ1n) is 3.83. The summed E-state index contributed by atoms with van der Waals surface area (Å²) in [5, 5.41) is 1.15. The molecule has 0 amide bonds. The molecule has 0 atom stereocenters. The zero-order valence-electron chi connectivity index (χ0n) is 6.97. The molecule has 0 fully saturated rings. The van der Waals surface area contributed by atoms with Crippen molar-refractivity contribution in [1.82, 2.24) is 9.97 Å². The lowest BCUT2D eigenvalue weighted by atomic mass is 10.2. The Labute approximate surface area is 79.4 Å². The summed E-state index contributed by atoms with van der Waals surface area (Å²) in [6, 6.07) is 5.32. The molecular formula is C9H7ClN2O. The van der Waals surface area contributed by atoms with E-state index >= 15 is 0 Å². The highest BCUT2D eigenvalue weighted by Gasteiger charge is 2.01. The molecule has 0 radical (unpaired) electrons. The fourth-order valence-electron chi connectivity index (χ4n) is 1.25. The van der Waals surface area contributed by atoms with Crippen molar-refractivity contribution in [2.45, 2.75) is 6.92 Å². The maximum atomic E-state index is 11.4. The van der Waals surface area contributed by atoms with Crippen LogP contribution < -0.4 is 5.56 Å². The maximum absolute atomic E-state index is 11.4. The van der Waals surface area contributed by atoms with Crippen LogP contribution in [0.4, 0.5) is 0 Å². The Morgan fingerprint density at radius 1 is 1.46 bits per heavy atom. The predicted molar refractivity (Wildman–Crippen MR) is 52.1 cm³/mol. The minimum atomic E-state index is -0.197. The number of rotatable bonds is 0. The van der Waals surface area contributed by atoms with E-state index < -0.39 is 0 Å². The van der Waals surface area contributed by atoms with E-state index in [-0.39, 0.29) is 5.56 Å². The van der Waals surface area contributed by atoms with Crippen LogP contribution >= 0.6 is 11.6 Å². The Bertz CT molecular complexity index is 518. The smallest absolute Gasteiger partial charge is 0.274 e. The number of H-pyrrole nitrogens is 1. The molecule has 0 aromatic carbocycles. The molecule has 0 unspecified atom stereocenters. The van der Waals surface area contributed by atoms with Crippen LogP contribution in [0.15, 0.2) is 23.0 Å².